The molecule has 1 unspecified atom stereocenters. The van der Waals surface area contributed by atoms with Gasteiger partial charge in [0.2, 0.25) is 0 Å². The van der Waals surface area contributed by atoms with Crippen LogP contribution in [0.5, 0.6) is 0 Å². The molecule has 3 nitrogen and oxygen atoms in total. The van der Waals surface area contributed by atoms with E-state index >= 15 is 0 Å². The molecule has 3 heteroatoms. The maximum absolute atomic E-state index is 4.25. The Kier molecular flexibility index (Phi) is 4.03. The van der Waals surface area contributed by atoms with Crippen molar-refractivity contribution in [1.29, 1.82) is 0 Å². The number of hydrogen-bond donors (Lipinski definition) is 0. The lowest BCUT2D eigenvalue weighted by atomic mass is 10.5. The molecule has 0 saturated heterocycles. The van der Waals surface area contributed by atoms with Gasteiger partial charge >= 0.3 is 0 Å². The smallest absolute Gasteiger partial charge is 0.100 e. The molecule has 0 aromatic carbocycles. The fraction of sp³-hybridized carbons (Fsp3) is 0.857. The van der Waals surface area contributed by atoms with Gasteiger partial charge in [-0.2, -0.15) is 0 Å². The molecule has 60 valence electrons. The summed E-state index contributed by atoms with van der Waals surface area (Å²) in [4.78, 5) is 8.24. The fourth-order valence-corrected chi connectivity index (χ4v) is 0.363. The quantitative estimate of drug-likeness (QED) is 0.423. The summed E-state index contributed by atoms with van der Waals surface area (Å²) < 4.78 is 0. The number of aliphatic imine (C=N–C) groups is 1. The zero-order chi connectivity index (χ0) is 8.15. The van der Waals surface area contributed by atoms with Gasteiger partial charge in [-0.15, -0.1) is 0 Å². The molecule has 1 atom stereocenters. The van der Waals surface area contributed by atoms with Crippen LogP contribution in [0, 0.1) is 0 Å². The van der Waals surface area contributed by atoms with Gasteiger partial charge in [0.05, 0.1) is 6.34 Å². The summed E-state index contributed by atoms with van der Waals surface area (Å²) in [7, 11) is 7.95. The van der Waals surface area contributed by atoms with E-state index in [1.54, 1.807) is 0 Å². The van der Waals surface area contributed by atoms with E-state index in [1.165, 1.54) is 0 Å². The summed E-state index contributed by atoms with van der Waals surface area (Å²) >= 11 is 0. The maximum Gasteiger partial charge on any atom is 0.100 e. The van der Waals surface area contributed by atoms with Crippen molar-refractivity contribution >= 4 is 6.34 Å². The normalized spacial score (nSPS) is 14.6. The molecule has 0 saturated carbocycles. The lowest BCUT2D eigenvalue weighted by Gasteiger charge is -2.15. The Morgan fingerprint density at radius 1 is 1.20 bits per heavy atom. The molecule has 0 radical (unpaired) electrons. The van der Waals surface area contributed by atoms with E-state index in [0.29, 0.717) is 0 Å². The van der Waals surface area contributed by atoms with Gasteiger partial charge in [0, 0.05) is 14.1 Å². The lowest BCUT2D eigenvalue weighted by molar-refractivity contribution is 0.322. The lowest BCUT2D eigenvalue weighted by Crippen LogP contribution is -2.23. The van der Waals surface area contributed by atoms with E-state index in [2.05, 4.69) is 16.8 Å². The minimum Gasteiger partial charge on any atom is -0.369 e. The Balaban J connectivity index is 3.66. The van der Waals surface area contributed by atoms with E-state index in [4.69, 9.17) is 0 Å². The monoisotopic (exact) mass is 143 g/mol. The van der Waals surface area contributed by atoms with Crippen molar-refractivity contribution in [1.82, 2.24) is 9.80 Å². The second kappa shape index (κ2) is 4.28. The van der Waals surface area contributed by atoms with Crippen LogP contribution in [0.3, 0.4) is 0 Å². The van der Waals surface area contributed by atoms with Crippen LogP contribution in [-0.4, -0.2) is 50.5 Å². The molecule has 0 amide bonds. The molecule has 0 aliphatic carbocycles. The summed E-state index contributed by atoms with van der Waals surface area (Å²) in [6, 6.07) is 0. The minimum atomic E-state index is 0.266. The van der Waals surface area contributed by atoms with Gasteiger partial charge in [-0.1, -0.05) is 0 Å². The third-order valence-electron chi connectivity index (χ3n) is 1.26. The van der Waals surface area contributed by atoms with Crippen LogP contribution in [0.15, 0.2) is 4.99 Å². The van der Waals surface area contributed by atoms with Crippen LogP contribution < -0.4 is 0 Å². The van der Waals surface area contributed by atoms with E-state index in [0.717, 1.165) is 0 Å². The first-order valence-electron chi connectivity index (χ1n) is 3.40. The Morgan fingerprint density at radius 2 is 1.70 bits per heavy atom. The zero-order valence-corrected chi connectivity index (χ0v) is 7.50. The predicted octanol–water partition coefficient (Wildman–Crippen LogP) is 0.484. The number of rotatable bonds is 3. The first-order valence-corrected chi connectivity index (χ1v) is 3.40. The molecular weight excluding hydrogens is 126 g/mol. The Hall–Kier alpha value is -0.570. The van der Waals surface area contributed by atoms with Crippen molar-refractivity contribution in [3.8, 4) is 0 Å². The molecule has 0 N–H and O–H groups in total. The van der Waals surface area contributed by atoms with Crippen molar-refractivity contribution in [3.05, 3.63) is 0 Å². The highest BCUT2D eigenvalue weighted by Gasteiger charge is 1.97. The topological polar surface area (TPSA) is 18.8 Å². The van der Waals surface area contributed by atoms with E-state index in [9.17, 15) is 0 Å². The Bertz CT molecular complexity index is 107. The second-order valence-corrected chi connectivity index (χ2v) is 2.82. The van der Waals surface area contributed by atoms with Crippen LogP contribution in [0.25, 0.3) is 0 Å². The molecule has 10 heavy (non-hydrogen) atoms. The van der Waals surface area contributed by atoms with Crippen LogP contribution in [0.2, 0.25) is 0 Å². The molecule has 0 aromatic heterocycles. The summed E-state index contributed by atoms with van der Waals surface area (Å²) in [5.74, 6) is 0. The van der Waals surface area contributed by atoms with Gasteiger partial charge in [-0.3, -0.25) is 9.89 Å². The van der Waals surface area contributed by atoms with Crippen molar-refractivity contribution in [3.63, 3.8) is 0 Å². The van der Waals surface area contributed by atoms with Gasteiger partial charge < -0.3 is 4.90 Å². The molecule has 0 bridgehead atoms. The van der Waals surface area contributed by atoms with E-state index < -0.39 is 0 Å². The van der Waals surface area contributed by atoms with Gasteiger partial charge in [0.1, 0.15) is 6.17 Å². The van der Waals surface area contributed by atoms with Gasteiger partial charge in [-0.25, -0.2) is 0 Å². The van der Waals surface area contributed by atoms with Crippen LogP contribution >= 0.6 is 0 Å². The number of nitrogens with zero attached hydrogens (tertiary/aromatic N) is 3. The molecular formula is C7H17N3. The summed E-state index contributed by atoms with van der Waals surface area (Å²) in [5.41, 5.74) is 0. The first kappa shape index (κ1) is 9.43. The third kappa shape index (κ3) is 4.32. The highest BCUT2D eigenvalue weighted by molar-refractivity contribution is 5.53. The molecule has 0 spiro atoms. The largest absolute Gasteiger partial charge is 0.369 e. The van der Waals surface area contributed by atoms with E-state index in [1.807, 2.05) is 39.4 Å². The van der Waals surface area contributed by atoms with Gasteiger partial charge in [0.15, 0.2) is 0 Å². The minimum absolute atomic E-state index is 0.266. The van der Waals surface area contributed by atoms with Gasteiger partial charge in [-0.05, 0) is 21.0 Å². The van der Waals surface area contributed by atoms with Crippen LogP contribution in [-0.2, 0) is 0 Å². The number of hydrogen-bond acceptors (Lipinski definition) is 2. The highest BCUT2D eigenvalue weighted by atomic mass is 15.2. The predicted molar refractivity (Wildman–Crippen MR) is 45.3 cm³/mol. The Labute approximate surface area is 63.3 Å². The fourth-order valence-electron chi connectivity index (χ4n) is 0.363. The summed E-state index contributed by atoms with van der Waals surface area (Å²) in [6.07, 6.45) is 2.09. The van der Waals surface area contributed by atoms with Crippen molar-refractivity contribution in [2.24, 2.45) is 4.99 Å². The molecule has 0 aliphatic rings. The Morgan fingerprint density at radius 3 is 2.00 bits per heavy atom. The summed E-state index contributed by atoms with van der Waals surface area (Å²) in [6.45, 7) is 2.06. The van der Waals surface area contributed by atoms with E-state index in [-0.39, 0.29) is 6.17 Å². The molecule has 0 aromatic rings. The third-order valence-corrected chi connectivity index (χ3v) is 1.26. The van der Waals surface area contributed by atoms with Crippen LogP contribution in [0.4, 0.5) is 0 Å². The maximum atomic E-state index is 4.25. The average Bonchev–Trinajstić information content (AvgIpc) is 1.82. The summed E-state index contributed by atoms with van der Waals surface area (Å²) in [5, 5.41) is 0. The zero-order valence-electron chi connectivity index (χ0n) is 7.50. The molecule has 0 heterocycles. The standard InChI is InChI=1S/C7H17N3/c1-7(10(4)5)8-6-9(2)3/h6-7H,1-5H3/b8-6-. The van der Waals surface area contributed by atoms with Crippen molar-refractivity contribution in [2.75, 3.05) is 28.2 Å². The highest BCUT2D eigenvalue weighted by Crippen LogP contribution is 1.90. The second-order valence-electron chi connectivity index (χ2n) is 2.82. The van der Waals surface area contributed by atoms with Crippen molar-refractivity contribution < 1.29 is 0 Å². The first-order chi connectivity index (χ1) is 4.54. The van der Waals surface area contributed by atoms with Crippen LogP contribution in [0.1, 0.15) is 6.92 Å². The average molecular weight is 143 g/mol. The molecule has 0 aliphatic heterocycles. The SMILES string of the molecule is CC(/N=C\N(C)C)N(C)C. The molecule has 0 rings (SSSR count). The molecule has 0 fully saturated rings. The van der Waals surface area contributed by atoms with Gasteiger partial charge in [0.25, 0.3) is 0 Å². The van der Waals surface area contributed by atoms with Crippen molar-refractivity contribution in [2.45, 2.75) is 13.1 Å².